The molecule has 0 amide bonds. The summed E-state index contributed by atoms with van der Waals surface area (Å²) in [7, 11) is 0. The molecule has 0 N–H and O–H groups in total. The molecule has 1 aliphatic heterocycles. The van der Waals surface area contributed by atoms with E-state index in [2.05, 4.69) is 187 Å². The molecule has 0 saturated heterocycles. The van der Waals surface area contributed by atoms with Gasteiger partial charge >= 0.3 is 0 Å². The number of furan rings is 1. The number of para-hydroxylation sites is 1. The standard InChI is InChI=1S/C57H38N4O/c1-4-14-37(15-5-1)39-26-28-40(29-27-39)43-21-13-23-46(35-43)61-49-25-11-10-24-47(49)53-50(61)31-33-52-54(53)48-36-45(30-32-51(48)62-52)57-59-55(41-18-8-3-9-19-41)58-56(60-57)44-22-12-20-42(34-44)38-16-6-2-7-17-38/h1-36,50,53H. The lowest BCUT2D eigenvalue weighted by atomic mass is 9.82. The Morgan fingerprint density at radius 1 is 0.403 bits per heavy atom. The highest BCUT2D eigenvalue weighted by Gasteiger charge is 2.43. The van der Waals surface area contributed by atoms with Gasteiger partial charge in [0.25, 0.3) is 0 Å². The zero-order valence-electron chi connectivity index (χ0n) is 33.6. The summed E-state index contributed by atoms with van der Waals surface area (Å²) in [6.45, 7) is 0. The number of aromatic nitrogens is 3. The highest BCUT2D eigenvalue weighted by molar-refractivity contribution is 5.93. The van der Waals surface area contributed by atoms with Crippen LogP contribution in [0.2, 0.25) is 0 Å². The van der Waals surface area contributed by atoms with Crippen LogP contribution in [0.4, 0.5) is 11.4 Å². The normalized spacial score (nSPS) is 15.0. The number of rotatable bonds is 7. The van der Waals surface area contributed by atoms with Gasteiger partial charge in [0.2, 0.25) is 0 Å². The Bertz CT molecular complexity index is 3300. The van der Waals surface area contributed by atoms with Gasteiger partial charge in [0.05, 0.1) is 6.04 Å². The van der Waals surface area contributed by atoms with Gasteiger partial charge in [-0.3, -0.25) is 0 Å². The van der Waals surface area contributed by atoms with E-state index in [1.807, 2.05) is 36.4 Å². The predicted octanol–water partition coefficient (Wildman–Crippen LogP) is 14.3. The van der Waals surface area contributed by atoms with Gasteiger partial charge in [0.15, 0.2) is 17.5 Å². The Morgan fingerprint density at radius 2 is 0.903 bits per heavy atom. The molecule has 2 atom stereocenters. The Kier molecular flexibility index (Phi) is 8.56. The van der Waals surface area contributed by atoms with Crippen LogP contribution >= 0.6 is 0 Å². The predicted molar refractivity (Wildman–Crippen MR) is 252 cm³/mol. The van der Waals surface area contributed by atoms with Crippen LogP contribution in [0.1, 0.15) is 22.8 Å². The zero-order chi connectivity index (χ0) is 41.0. The van der Waals surface area contributed by atoms with Gasteiger partial charge < -0.3 is 9.32 Å². The number of benzene rings is 8. The summed E-state index contributed by atoms with van der Waals surface area (Å²) in [6.07, 6.45) is 4.47. The largest absolute Gasteiger partial charge is 0.456 e. The average Bonchev–Trinajstić information content (AvgIpc) is 3.90. The van der Waals surface area contributed by atoms with E-state index in [1.165, 1.54) is 39.1 Å². The van der Waals surface area contributed by atoms with Crippen molar-refractivity contribution in [3.63, 3.8) is 0 Å². The van der Waals surface area contributed by atoms with Crippen LogP contribution in [0.5, 0.6) is 0 Å². The Balaban J connectivity index is 0.941. The molecule has 2 aromatic heterocycles. The lowest BCUT2D eigenvalue weighted by molar-refractivity contribution is 0.584. The maximum absolute atomic E-state index is 6.65. The maximum Gasteiger partial charge on any atom is 0.164 e. The molecule has 62 heavy (non-hydrogen) atoms. The minimum absolute atomic E-state index is 0.0467. The summed E-state index contributed by atoms with van der Waals surface area (Å²) < 4.78 is 6.65. The van der Waals surface area contributed by atoms with E-state index >= 15 is 0 Å². The fourth-order valence-electron chi connectivity index (χ4n) is 9.34. The van der Waals surface area contributed by atoms with Crippen molar-refractivity contribution in [1.82, 2.24) is 15.0 Å². The molecule has 0 radical (unpaired) electrons. The third kappa shape index (κ3) is 6.22. The van der Waals surface area contributed by atoms with Crippen LogP contribution in [-0.2, 0) is 0 Å². The summed E-state index contributed by atoms with van der Waals surface area (Å²) in [5.41, 5.74) is 15.5. The van der Waals surface area contributed by atoms with Gasteiger partial charge in [-0.25, -0.2) is 15.0 Å². The van der Waals surface area contributed by atoms with Gasteiger partial charge in [-0.15, -0.1) is 0 Å². The number of nitrogens with zero attached hydrogens (tertiary/aromatic N) is 4. The molecule has 12 rings (SSSR count). The van der Waals surface area contributed by atoms with Gasteiger partial charge in [-0.2, -0.15) is 0 Å². The summed E-state index contributed by atoms with van der Waals surface area (Å²) in [4.78, 5) is 17.8. The molecule has 1 aliphatic carbocycles. The smallest absolute Gasteiger partial charge is 0.164 e. The summed E-state index contributed by atoms with van der Waals surface area (Å²) in [5, 5.41) is 1.06. The second-order valence-electron chi connectivity index (χ2n) is 16.0. The molecule has 292 valence electrons. The van der Waals surface area contributed by atoms with Crippen LogP contribution < -0.4 is 4.90 Å². The SMILES string of the molecule is C1=CC2C(c3ccccc3N2c2cccc(-c3ccc(-c4ccccc4)cc3)c2)c2c1oc1ccc(-c3nc(-c4ccccc4)nc(-c4cccc(-c5ccccc5)c4)n3)cc21. The van der Waals surface area contributed by atoms with E-state index in [-0.39, 0.29) is 12.0 Å². The lowest BCUT2D eigenvalue weighted by Gasteiger charge is -2.30. The first kappa shape index (κ1) is 35.8. The van der Waals surface area contributed by atoms with Crippen LogP contribution in [0.3, 0.4) is 0 Å². The fourth-order valence-corrected chi connectivity index (χ4v) is 9.34. The van der Waals surface area contributed by atoms with Gasteiger partial charge in [0, 0.05) is 44.9 Å². The van der Waals surface area contributed by atoms with Gasteiger partial charge in [0.1, 0.15) is 11.3 Å². The van der Waals surface area contributed by atoms with E-state index in [9.17, 15) is 0 Å². The maximum atomic E-state index is 6.65. The number of hydrogen-bond acceptors (Lipinski definition) is 5. The van der Waals surface area contributed by atoms with Crippen LogP contribution in [0.25, 0.3) is 84.6 Å². The Labute approximate surface area is 360 Å². The van der Waals surface area contributed by atoms with Crippen molar-refractivity contribution in [3.05, 3.63) is 229 Å². The molecular weight excluding hydrogens is 757 g/mol. The summed E-state index contributed by atoms with van der Waals surface area (Å²) in [6, 6.07) is 72.5. The number of fused-ring (bicyclic) bond motifs is 7. The van der Waals surface area contributed by atoms with E-state index in [0.29, 0.717) is 17.5 Å². The fraction of sp³-hybridized carbons (Fsp3) is 0.0351. The van der Waals surface area contributed by atoms with E-state index in [4.69, 9.17) is 19.4 Å². The monoisotopic (exact) mass is 794 g/mol. The van der Waals surface area contributed by atoms with E-state index < -0.39 is 0 Å². The first-order valence-electron chi connectivity index (χ1n) is 21.1. The van der Waals surface area contributed by atoms with Crippen molar-refractivity contribution in [2.75, 3.05) is 4.90 Å². The Morgan fingerprint density at radius 3 is 1.61 bits per heavy atom. The summed E-state index contributed by atoms with van der Waals surface area (Å²) in [5.74, 6) is 2.80. The third-order valence-corrected chi connectivity index (χ3v) is 12.3. The molecule has 8 aromatic carbocycles. The van der Waals surface area contributed by atoms with E-state index in [1.54, 1.807) is 0 Å². The Hall–Kier alpha value is -8.15. The minimum Gasteiger partial charge on any atom is -0.456 e. The number of hydrogen-bond donors (Lipinski definition) is 0. The number of anilines is 2. The molecular formula is C57H38N4O. The van der Waals surface area contributed by atoms with Gasteiger partial charge in [-0.1, -0.05) is 170 Å². The second-order valence-corrected chi connectivity index (χ2v) is 16.0. The topological polar surface area (TPSA) is 55.1 Å². The van der Waals surface area contributed by atoms with Crippen molar-refractivity contribution in [2.45, 2.75) is 12.0 Å². The molecule has 5 nitrogen and oxygen atoms in total. The highest BCUT2D eigenvalue weighted by atomic mass is 16.3. The van der Waals surface area contributed by atoms with Crippen molar-refractivity contribution in [3.8, 4) is 67.5 Å². The van der Waals surface area contributed by atoms with Crippen molar-refractivity contribution >= 4 is 28.4 Å². The highest BCUT2D eigenvalue weighted by Crippen LogP contribution is 2.54. The average molecular weight is 795 g/mol. The first-order valence-corrected chi connectivity index (χ1v) is 21.1. The first-order chi connectivity index (χ1) is 30.7. The van der Waals surface area contributed by atoms with Crippen molar-refractivity contribution in [1.29, 1.82) is 0 Å². The second kappa shape index (κ2) is 14.8. The minimum atomic E-state index is 0.0467. The molecule has 5 heteroatoms. The molecule has 0 saturated carbocycles. The molecule has 0 bridgehead atoms. The van der Waals surface area contributed by atoms with Crippen molar-refractivity contribution < 1.29 is 4.42 Å². The zero-order valence-corrected chi connectivity index (χ0v) is 33.6. The van der Waals surface area contributed by atoms with Crippen molar-refractivity contribution in [2.24, 2.45) is 0 Å². The molecule has 0 spiro atoms. The summed E-state index contributed by atoms with van der Waals surface area (Å²) >= 11 is 0. The van der Waals surface area contributed by atoms with E-state index in [0.717, 1.165) is 50.2 Å². The molecule has 2 aliphatic rings. The molecule has 10 aromatic rings. The molecule has 2 unspecified atom stereocenters. The van der Waals surface area contributed by atoms with Gasteiger partial charge in [-0.05, 0) is 87.5 Å². The lowest BCUT2D eigenvalue weighted by Crippen LogP contribution is -2.30. The van der Waals surface area contributed by atoms with Crippen LogP contribution in [0, 0.1) is 0 Å². The van der Waals surface area contributed by atoms with Crippen LogP contribution in [-0.4, -0.2) is 21.0 Å². The molecule has 0 fully saturated rings. The third-order valence-electron chi connectivity index (χ3n) is 12.3. The van der Waals surface area contributed by atoms with Crippen LogP contribution in [0.15, 0.2) is 217 Å². The molecule has 3 heterocycles. The quantitative estimate of drug-likeness (QED) is 0.161.